The maximum atomic E-state index is 4.04. The van der Waals surface area contributed by atoms with Gasteiger partial charge in [-0.2, -0.15) is 0 Å². The first kappa shape index (κ1) is 12.2. The largest absolute Gasteiger partial charge is 0.0961 e. The van der Waals surface area contributed by atoms with Crippen LogP contribution in [0, 0.1) is 0 Å². The summed E-state index contributed by atoms with van der Waals surface area (Å²) in [7, 11) is 0. The fraction of sp³-hybridized carbons (Fsp3) is 0.538. The number of rotatable bonds is 1. The smallest absolute Gasteiger partial charge is 0.0276 e. The molecule has 0 bridgehead atoms. The molecule has 1 rings (SSSR count). The van der Waals surface area contributed by atoms with Crippen LogP contribution in [-0.4, -0.2) is 0 Å². The van der Waals surface area contributed by atoms with Crippen molar-refractivity contribution in [1.82, 2.24) is 0 Å². The fourth-order valence-electron chi connectivity index (χ4n) is 1.46. The number of allylic oxidation sites excluding steroid dienone is 4. The molecule has 0 amide bonds. The van der Waals surface area contributed by atoms with Crippen LogP contribution in [0.2, 0.25) is 0 Å². The van der Waals surface area contributed by atoms with E-state index in [1.807, 2.05) is 20.8 Å². The normalized spacial score (nSPS) is 19.3. The minimum absolute atomic E-state index is 1.14. The molecule has 0 aliphatic heterocycles. The van der Waals surface area contributed by atoms with Crippen LogP contribution in [0.5, 0.6) is 0 Å². The van der Waals surface area contributed by atoms with Crippen LogP contribution in [0.1, 0.15) is 46.5 Å². The van der Waals surface area contributed by atoms with Crippen LogP contribution < -0.4 is 0 Å². The predicted molar refractivity (Wildman–Crippen MR) is 61.9 cm³/mol. The maximum Gasteiger partial charge on any atom is -0.0276 e. The lowest BCUT2D eigenvalue weighted by molar-refractivity contribution is 0.680. The van der Waals surface area contributed by atoms with Crippen molar-refractivity contribution < 1.29 is 0 Å². The molecule has 0 aromatic heterocycles. The van der Waals surface area contributed by atoms with Gasteiger partial charge in [0.15, 0.2) is 0 Å². The first-order valence-corrected chi connectivity index (χ1v) is 5.24. The Kier molecular flexibility index (Phi) is 6.30. The van der Waals surface area contributed by atoms with Gasteiger partial charge in [-0.05, 0) is 38.2 Å². The predicted octanol–water partition coefficient (Wildman–Crippen LogP) is 4.65. The fourth-order valence-corrected chi connectivity index (χ4v) is 1.46. The summed E-state index contributed by atoms with van der Waals surface area (Å²) in [5.41, 5.74) is 3.88. The van der Waals surface area contributed by atoms with Crippen LogP contribution in [-0.2, 0) is 0 Å². The second kappa shape index (κ2) is 6.71. The van der Waals surface area contributed by atoms with Crippen molar-refractivity contribution in [2.24, 2.45) is 0 Å². The van der Waals surface area contributed by atoms with Gasteiger partial charge in [-0.25, -0.2) is 0 Å². The van der Waals surface area contributed by atoms with Gasteiger partial charge < -0.3 is 0 Å². The molecule has 0 aromatic carbocycles. The molecule has 1 aliphatic rings. The van der Waals surface area contributed by atoms with E-state index in [2.05, 4.69) is 19.2 Å². The van der Waals surface area contributed by atoms with Gasteiger partial charge in [0, 0.05) is 0 Å². The second-order valence-electron chi connectivity index (χ2n) is 3.33. The van der Waals surface area contributed by atoms with E-state index in [9.17, 15) is 0 Å². The zero-order valence-electron chi connectivity index (χ0n) is 9.32. The molecule has 1 saturated carbocycles. The van der Waals surface area contributed by atoms with Crippen molar-refractivity contribution in [3.8, 4) is 0 Å². The van der Waals surface area contributed by atoms with Crippen molar-refractivity contribution >= 4 is 0 Å². The molecule has 0 spiro atoms. The molecule has 1 aliphatic carbocycles. The van der Waals surface area contributed by atoms with Crippen molar-refractivity contribution in [1.29, 1.82) is 0 Å². The molecule has 13 heavy (non-hydrogen) atoms. The summed E-state index contributed by atoms with van der Waals surface area (Å²) >= 11 is 0. The van der Waals surface area contributed by atoms with E-state index < -0.39 is 0 Å². The van der Waals surface area contributed by atoms with Gasteiger partial charge >= 0.3 is 0 Å². The molecule has 0 radical (unpaired) electrons. The average Bonchev–Trinajstić information content (AvgIpc) is 2.12. The molecule has 0 nitrogen and oxygen atoms in total. The van der Waals surface area contributed by atoms with Crippen molar-refractivity contribution in [2.45, 2.75) is 46.5 Å². The molecular formula is C13H22. The summed E-state index contributed by atoms with van der Waals surface area (Å²) in [6, 6.07) is 0. The summed E-state index contributed by atoms with van der Waals surface area (Å²) in [5, 5.41) is 0. The topological polar surface area (TPSA) is 0 Å². The van der Waals surface area contributed by atoms with E-state index >= 15 is 0 Å². The Morgan fingerprint density at radius 2 is 1.77 bits per heavy atom. The summed E-state index contributed by atoms with van der Waals surface area (Å²) in [5.74, 6) is 0. The third kappa shape index (κ3) is 4.72. The van der Waals surface area contributed by atoms with Crippen LogP contribution in [0.25, 0.3) is 0 Å². The van der Waals surface area contributed by atoms with E-state index in [1.54, 1.807) is 0 Å². The highest BCUT2D eigenvalue weighted by Gasteiger charge is 2.08. The van der Waals surface area contributed by atoms with Crippen LogP contribution in [0.4, 0.5) is 0 Å². The third-order valence-electron chi connectivity index (χ3n) is 2.05. The molecule has 74 valence electrons. The standard InChI is InChI=1S/C11H16.C2H6/c1-9(2)8-11-7-5-4-6-10(11)3;1-2/h8H,1,3-7H2,2H3;1-2H3/b11-8-;. The molecule has 0 atom stereocenters. The third-order valence-corrected chi connectivity index (χ3v) is 2.05. The Morgan fingerprint density at radius 1 is 1.23 bits per heavy atom. The maximum absolute atomic E-state index is 4.04. The monoisotopic (exact) mass is 178 g/mol. The summed E-state index contributed by atoms with van der Waals surface area (Å²) in [4.78, 5) is 0. The quantitative estimate of drug-likeness (QED) is 0.548. The lowest BCUT2D eigenvalue weighted by atomic mass is 9.90. The lowest BCUT2D eigenvalue weighted by Gasteiger charge is -2.16. The number of hydrogen-bond donors (Lipinski definition) is 0. The van der Waals surface area contributed by atoms with Crippen molar-refractivity contribution in [2.75, 3.05) is 0 Å². The summed E-state index contributed by atoms with van der Waals surface area (Å²) in [6.07, 6.45) is 7.18. The van der Waals surface area contributed by atoms with Crippen LogP contribution in [0.15, 0.2) is 36.0 Å². The van der Waals surface area contributed by atoms with Crippen molar-refractivity contribution in [3.63, 3.8) is 0 Å². The highest BCUT2D eigenvalue weighted by atomic mass is 14.1. The minimum Gasteiger partial charge on any atom is -0.0961 e. The van der Waals surface area contributed by atoms with Gasteiger partial charge in [0.05, 0.1) is 0 Å². The first-order chi connectivity index (χ1) is 6.20. The van der Waals surface area contributed by atoms with E-state index in [4.69, 9.17) is 0 Å². The molecule has 0 heteroatoms. The average molecular weight is 178 g/mol. The molecule has 0 unspecified atom stereocenters. The molecule has 1 fully saturated rings. The van der Waals surface area contributed by atoms with E-state index in [0.717, 1.165) is 5.57 Å². The van der Waals surface area contributed by atoms with Gasteiger partial charge in [-0.1, -0.05) is 44.2 Å². The van der Waals surface area contributed by atoms with E-state index in [1.165, 1.54) is 36.8 Å². The number of hydrogen-bond acceptors (Lipinski definition) is 0. The Balaban J connectivity index is 0.000000671. The molecule has 0 heterocycles. The Bertz CT molecular complexity index is 206. The first-order valence-electron chi connectivity index (χ1n) is 5.24. The lowest BCUT2D eigenvalue weighted by Crippen LogP contribution is -1.97. The Morgan fingerprint density at radius 3 is 2.23 bits per heavy atom. The molecular weight excluding hydrogens is 156 g/mol. The highest BCUT2D eigenvalue weighted by Crippen LogP contribution is 2.27. The molecule has 0 aromatic rings. The zero-order valence-corrected chi connectivity index (χ0v) is 9.32. The second-order valence-corrected chi connectivity index (χ2v) is 3.33. The van der Waals surface area contributed by atoms with Gasteiger partial charge in [0.25, 0.3) is 0 Å². The van der Waals surface area contributed by atoms with Gasteiger partial charge in [0.2, 0.25) is 0 Å². The minimum atomic E-state index is 1.14. The molecule has 0 N–H and O–H groups in total. The van der Waals surface area contributed by atoms with Gasteiger partial charge in [-0.15, -0.1) is 0 Å². The van der Waals surface area contributed by atoms with Gasteiger partial charge in [0.1, 0.15) is 0 Å². The van der Waals surface area contributed by atoms with Gasteiger partial charge in [-0.3, -0.25) is 0 Å². The Labute approximate surface area is 83.0 Å². The van der Waals surface area contributed by atoms with Crippen molar-refractivity contribution in [3.05, 3.63) is 36.0 Å². The molecule has 0 saturated heterocycles. The Hall–Kier alpha value is -0.780. The zero-order chi connectivity index (χ0) is 10.3. The van der Waals surface area contributed by atoms with Crippen LogP contribution >= 0.6 is 0 Å². The highest BCUT2D eigenvalue weighted by molar-refractivity contribution is 5.35. The van der Waals surface area contributed by atoms with E-state index in [-0.39, 0.29) is 0 Å². The van der Waals surface area contributed by atoms with Crippen LogP contribution in [0.3, 0.4) is 0 Å². The SMILES string of the molecule is C=C(C)/C=C1/CCCCC1=C.CC. The summed E-state index contributed by atoms with van der Waals surface area (Å²) < 4.78 is 0. The van der Waals surface area contributed by atoms with E-state index in [0.29, 0.717) is 0 Å². The summed E-state index contributed by atoms with van der Waals surface area (Å²) in [6.45, 7) is 13.9.